The van der Waals surface area contributed by atoms with Crippen LogP contribution < -0.4 is 4.74 Å². The van der Waals surface area contributed by atoms with Crippen LogP contribution in [0.2, 0.25) is 0 Å². The molecule has 7 heteroatoms. The second-order valence-electron chi connectivity index (χ2n) is 3.47. The predicted molar refractivity (Wildman–Crippen MR) is 56.3 cm³/mol. The van der Waals surface area contributed by atoms with Gasteiger partial charge in [0.15, 0.2) is 0 Å². The van der Waals surface area contributed by atoms with Gasteiger partial charge in [0, 0.05) is 17.0 Å². The molecule has 4 nitrogen and oxygen atoms in total. The smallest absolute Gasteiger partial charge is 0.464 e. The maximum Gasteiger partial charge on any atom is 0.573 e. The maximum atomic E-state index is 12.0. The minimum Gasteiger partial charge on any atom is -0.464 e. The fourth-order valence-electron chi connectivity index (χ4n) is 1.52. The number of hydrogen-bond donors (Lipinski definition) is 1. The van der Waals surface area contributed by atoms with Crippen LogP contribution in [0.4, 0.5) is 13.2 Å². The normalized spacial score (nSPS) is 11.6. The molecule has 0 aliphatic rings. The second kappa shape index (κ2) is 4.25. The van der Waals surface area contributed by atoms with Crippen LogP contribution in [0, 0.1) is 0 Å². The molecule has 0 bridgehead atoms. The lowest BCUT2D eigenvalue weighted by molar-refractivity contribution is -0.274. The molecule has 1 heterocycles. The van der Waals surface area contributed by atoms with Crippen molar-refractivity contribution < 1.29 is 27.4 Å². The summed E-state index contributed by atoms with van der Waals surface area (Å²) >= 11 is 0. The Morgan fingerprint density at radius 3 is 2.61 bits per heavy atom. The van der Waals surface area contributed by atoms with Gasteiger partial charge in [0.1, 0.15) is 11.4 Å². The van der Waals surface area contributed by atoms with E-state index >= 15 is 0 Å². The number of aromatic amines is 1. The van der Waals surface area contributed by atoms with Crippen molar-refractivity contribution in [2.45, 2.75) is 6.36 Å². The van der Waals surface area contributed by atoms with Crippen LogP contribution in [-0.2, 0) is 4.74 Å². The molecule has 18 heavy (non-hydrogen) atoms. The molecular weight excluding hydrogens is 251 g/mol. The third-order valence-corrected chi connectivity index (χ3v) is 2.23. The minimum atomic E-state index is -4.74. The van der Waals surface area contributed by atoms with Crippen molar-refractivity contribution in [3.05, 3.63) is 30.0 Å². The minimum absolute atomic E-state index is 0.164. The summed E-state index contributed by atoms with van der Waals surface area (Å²) < 4.78 is 44.3. The number of nitrogens with one attached hydrogen (secondary N) is 1. The molecule has 0 aliphatic heterocycles. The monoisotopic (exact) mass is 259 g/mol. The number of halogens is 3. The largest absolute Gasteiger partial charge is 0.573 e. The average Bonchev–Trinajstić information content (AvgIpc) is 2.68. The summed E-state index contributed by atoms with van der Waals surface area (Å²) in [7, 11) is 1.21. The highest BCUT2D eigenvalue weighted by atomic mass is 19.4. The van der Waals surface area contributed by atoms with Gasteiger partial charge in [0.25, 0.3) is 0 Å². The standard InChI is InChI=1S/C11H8F3NO3/c1-17-10(16)9-4-6-2-3-7(5-8(6)15-9)18-11(12,13)14/h2-5,15H,1H3. The van der Waals surface area contributed by atoms with E-state index in [4.69, 9.17) is 0 Å². The number of esters is 1. The van der Waals surface area contributed by atoms with Crippen molar-refractivity contribution in [3.8, 4) is 5.75 Å². The maximum absolute atomic E-state index is 12.0. The summed E-state index contributed by atoms with van der Waals surface area (Å²) in [6, 6.07) is 5.23. The lowest BCUT2D eigenvalue weighted by Gasteiger charge is -2.08. The number of fused-ring (bicyclic) bond motifs is 1. The molecule has 96 valence electrons. The fourth-order valence-corrected chi connectivity index (χ4v) is 1.52. The zero-order valence-corrected chi connectivity index (χ0v) is 9.17. The van der Waals surface area contributed by atoms with E-state index in [1.807, 2.05) is 0 Å². The van der Waals surface area contributed by atoms with Gasteiger partial charge in [-0.3, -0.25) is 0 Å². The Labute approximate surface area is 99.3 Å². The number of hydrogen-bond acceptors (Lipinski definition) is 3. The van der Waals surface area contributed by atoms with Crippen molar-refractivity contribution >= 4 is 16.9 Å². The van der Waals surface area contributed by atoms with E-state index in [0.717, 1.165) is 6.07 Å². The summed E-state index contributed by atoms with van der Waals surface area (Å²) in [6.45, 7) is 0. The number of H-pyrrole nitrogens is 1. The Bertz CT molecular complexity index is 589. The number of carbonyl (C=O) groups is 1. The number of benzene rings is 1. The number of alkyl halides is 3. The average molecular weight is 259 g/mol. The van der Waals surface area contributed by atoms with Gasteiger partial charge < -0.3 is 14.5 Å². The van der Waals surface area contributed by atoms with Crippen LogP contribution in [0.1, 0.15) is 10.5 Å². The van der Waals surface area contributed by atoms with Crippen LogP contribution in [0.15, 0.2) is 24.3 Å². The van der Waals surface area contributed by atoms with Gasteiger partial charge in [0.2, 0.25) is 0 Å². The van der Waals surface area contributed by atoms with Crippen molar-refractivity contribution in [1.82, 2.24) is 4.98 Å². The molecular formula is C11H8F3NO3. The third kappa shape index (κ3) is 2.55. The summed E-state index contributed by atoms with van der Waals surface area (Å²) in [5.74, 6) is -0.947. The van der Waals surface area contributed by atoms with E-state index in [-0.39, 0.29) is 11.4 Å². The van der Waals surface area contributed by atoms with E-state index in [9.17, 15) is 18.0 Å². The molecule has 0 radical (unpaired) electrons. The predicted octanol–water partition coefficient (Wildman–Crippen LogP) is 2.85. The van der Waals surface area contributed by atoms with Crippen molar-refractivity contribution in [2.24, 2.45) is 0 Å². The molecule has 0 fully saturated rings. The molecule has 1 aromatic carbocycles. The SMILES string of the molecule is COC(=O)c1cc2ccc(OC(F)(F)F)cc2[nH]1. The number of aromatic nitrogens is 1. The quantitative estimate of drug-likeness (QED) is 0.844. The first-order valence-electron chi connectivity index (χ1n) is 4.86. The van der Waals surface area contributed by atoms with E-state index < -0.39 is 12.3 Å². The zero-order valence-electron chi connectivity index (χ0n) is 9.17. The van der Waals surface area contributed by atoms with Crippen molar-refractivity contribution in [1.29, 1.82) is 0 Å². The second-order valence-corrected chi connectivity index (χ2v) is 3.47. The fraction of sp³-hybridized carbons (Fsp3) is 0.182. The van der Waals surface area contributed by atoms with Gasteiger partial charge in [-0.25, -0.2) is 4.79 Å². The molecule has 0 amide bonds. The Hall–Kier alpha value is -2.18. The molecule has 0 saturated carbocycles. The van der Waals surface area contributed by atoms with Gasteiger partial charge in [-0.05, 0) is 18.2 Å². The highest BCUT2D eigenvalue weighted by Gasteiger charge is 2.31. The summed E-state index contributed by atoms with van der Waals surface area (Å²) in [5.41, 5.74) is 0.522. The molecule has 0 saturated heterocycles. The van der Waals surface area contributed by atoms with E-state index in [1.54, 1.807) is 0 Å². The van der Waals surface area contributed by atoms with Gasteiger partial charge in [0.05, 0.1) is 7.11 Å². The molecule has 0 spiro atoms. The highest BCUT2D eigenvalue weighted by molar-refractivity contribution is 5.95. The highest BCUT2D eigenvalue weighted by Crippen LogP contribution is 2.26. The number of carbonyl (C=O) groups excluding carboxylic acids is 1. The third-order valence-electron chi connectivity index (χ3n) is 2.23. The van der Waals surface area contributed by atoms with E-state index in [1.165, 1.54) is 25.3 Å². The van der Waals surface area contributed by atoms with Gasteiger partial charge >= 0.3 is 12.3 Å². The molecule has 0 atom stereocenters. The van der Waals surface area contributed by atoms with Gasteiger partial charge in [-0.1, -0.05) is 0 Å². The van der Waals surface area contributed by atoms with Crippen LogP contribution in [0.3, 0.4) is 0 Å². The van der Waals surface area contributed by atoms with Crippen LogP contribution >= 0.6 is 0 Å². The Morgan fingerprint density at radius 1 is 1.28 bits per heavy atom. The molecule has 1 N–H and O–H groups in total. The molecule has 1 aromatic heterocycles. The van der Waals surface area contributed by atoms with Gasteiger partial charge in [-0.2, -0.15) is 0 Å². The lowest BCUT2D eigenvalue weighted by atomic mass is 10.2. The number of ether oxygens (including phenoxy) is 2. The van der Waals surface area contributed by atoms with Crippen LogP contribution in [-0.4, -0.2) is 24.4 Å². The molecule has 0 unspecified atom stereocenters. The first kappa shape index (κ1) is 12.3. The van der Waals surface area contributed by atoms with Gasteiger partial charge in [-0.15, -0.1) is 13.2 Å². The molecule has 0 aliphatic carbocycles. The van der Waals surface area contributed by atoms with Crippen LogP contribution in [0.25, 0.3) is 10.9 Å². The van der Waals surface area contributed by atoms with E-state index in [2.05, 4.69) is 14.5 Å². The number of methoxy groups -OCH3 is 1. The molecule has 2 rings (SSSR count). The Morgan fingerprint density at radius 2 is 2.00 bits per heavy atom. The van der Waals surface area contributed by atoms with Crippen molar-refractivity contribution in [3.63, 3.8) is 0 Å². The first-order valence-corrected chi connectivity index (χ1v) is 4.86. The molecule has 2 aromatic rings. The number of rotatable bonds is 2. The van der Waals surface area contributed by atoms with E-state index in [0.29, 0.717) is 10.9 Å². The topological polar surface area (TPSA) is 51.3 Å². The first-order chi connectivity index (χ1) is 8.39. The lowest BCUT2D eigenvalue weighted by Crippen LogP contribution is -2.16. The van der Waals surface area contributed by atoms with Crippen molar-refractivity contribution in [2.75, 3.05) is 7.11 Å². The van der Waals surface area contributed by atoms with Crippen LogP contribution in [0.5, 0.6) is 5.75 Å². The summed E-state index contributed by atoms with van der Waals surface area (Å²) in [5, 5.41) is 0.588. The Kier molecular flexibility index (Phi) is 2.90. The Balaban J connectivity index is 2.37. The summed E-state index contributed by atoms with van der Waals surface area (Å²) in [6.07, 6.45) is -4.74. The summed E-state index contributed by atoms with van der Waals surface area (Å²) in [4.78, 5) is 13.9. The zero-order chi connectivity index (χ0) is 13.3.